The van der Waals surface area contributed by atoms with Gasteiger partial charge in [-0.1, -0.05) is 13.8 Å². The van der Waals surface area contributed by atoms with Gasteiger partial charge in [0.25, 0.3) is 0 Å². The third-order valence-electron chi connectivity index (χ3n) is 2.86. The van der Waals surface area contributed by atoms with Crippen molar-refractivity contribution in [3.05, 3.63) is 18.2 Å². The van der Waals surface area contributed by atoms with Crippen LogP contribution >= 0.6 is 0 Å². The molecule has 0 unspecified atom stereocenters. The van der Waals surface area contributed by atoms with Gasteiger partial charge in [0.05, 0.1) is 12.0 Å². The van der Waals surface area contributed by atoms with Crippen LogP contribution in [0.5, 0.6) is 0 Å². The molecule has 0 saturated carbocycles. The zero-order chi connectivity index (χ0) is 12.0. The minimum Gasteiger partial charge on any atom is -0.332 e. The standard InChI is InChI=1S/C12H24N4/c1-4-6-15(5-2)7-8-16-10-14-9-12(16)11(3)13/h9-11H,4-8,13H2,1-3H3/t11-/m0/s1. The number of aromatic nitrogens is 2. The molecule has 0 radical (unpaired) electrons. The first-order chi connectivity index (χ1) is 7.69. The van der Waals surface area contributed by atoms with Crippen molar-refractivity contribution >= 4 is 0 Å². The van der Waals surface area contributed by atoms with Crippen LogP contribution in [0.25, 0.3) is 0 Å². The molecule has 16 heavy (non-hydrogen) atoms. The van der Waals surface area contributed by atoms with Crippen LogP contribution in [0.1, 0.15) is 38.9 Å². The maximum atomic E-state index is 5.88. The number of hydrogen-bond donors (Lipinski definition) is 1. The molecule has 1 aromatic rings. The van der Waals surface area contributed by atoms with Crippen molar-refractivity contribution in [1.29, 1.82) is 0 Å². The van der Waals surface area contributed by atoms with Crippen LogP contribution < -0.4 is 5.73 Å². The molecular formula is C12H24N4. The molecule has 92 valence electrons. The fraction of sp³-hybridized carbons (Fsp3) is 0.750. The molecule has 4 heteroatoms. The molecule has 0 bridgehead atoms. The topological polar surface area (TPSA) is 47.1 Å². The number of rotatable bonds is 7. The second-order valence-corrected chi connectivity index (χ2v) is 4.23. The first-order valence-corrected chi connectivity index (χ1v) is 6.17. The quantitative estimate of drug-likeness (QED) is 0.766. The van der Waals surface area contributed by atoms with Crippen molar-refractivity contribution in [3.8, 4) is 0 Å². The highest BCUT2D eigenvalue weighted by molar-refractivity contribution is 5.03. The van der Waals surface area contributed by atoms with Gasteiger partial charge in [-0.3, -0.25) is 0 Å². The average molecular weight is 224 g/mol. The number of nitrogens with zero attached hydrogens (tertiary/aromatic N) is 3. The predicted molar refractivity (Wildman–Crippen MR) is 67.2 cm³/mol. The van der Waals surface area contributed by atoms with Crippen molar-refractivity contribution in [2.24, 2.45) is 5.73 Å². The van der Waals surface area contributed by atoms with Crippen molar-refractivity contribution in [2.45, 2.75) is 39.8 Å². The van der Waals surface area contributed by atoms with Gasteiger partial charge in [0.1, 0.15) is 0 Å². The Morgan fingerprint density at radius 3 is 2.75 bits per heavy atom. The molecule has 0 saturated heterocycles. The van der Waals surface area contributed by atoms with E-state index < -0.39 is 0 Å². The summed E-state index contributed by atoms with van der Waals surface area (Å²) in [6.45, 7) is 10.7. The molecule has 1 atom stereocenters. The molecule has 0 fully saturated rings. The van der Waals surface area contributed by atoms with E-state index in [0.29, 0.717) is 0 Å². The molecule has 4 nitrogen and oxygen atoms in total. The summed E-state index contributed by atoms with van der Waals surface area (Å²) in [5, 5.41) is 0. The van der Waals surface area contributed by atoms with Crippen LogP contribution in [0.15, 0.2) is 12.5 Å². The Morgan fingerprint density at radius 2 is 2.19 bits per heavy atom. The summed E-state index contributed by atoms with van der Waals surface area (Å²) in [4.78, 5) is 6.61. The third-order valence-corrected chi connectivity index (χ3v) is 2.86. The van der Waals surface area contributed by atoms with Gasteiger partial charge in [-0.25, -0.2) is 4.98 Å². The van der Waals surface area contributed by atoms with Gasteiger partial charge in [0.2, 0.25) is 0 Å². The Balaban J connectivity index is 2.49. The lowest BCUT2D eigenvalue weighted by Crippen LogP contribution is -2.28. The molecule has 1 rings (SSSR count). The summed E-state index contributed by atoms with van der Waals surface area (Å²) >= 11 is 0. The van der Waals surface area contributed by atoms with Crippen molar-refractivity contribution in [1.82, 2.24) is 14.5 Å². The highest BCUT2D eigenvalue weighted by Gasteiger charge is 2.07. The second kappa shape index (κ2) is 6.66. The van der Waals surface area contributed by atoms with E-state index in [4.69, 9.17) is 5.73 Å². The lowest BCUT2D eigenvalue weighted by molar-refractivity contribution is 0.275. The van der Waals surface area contributed by atoms with Gasteiger partial charge in [0.15, 0.2) is 0 Å². The van der Waals surface area contributed by atoms with Crippen LogP contribution in [0.2, 0.25) is 0 Å². The number of likely N-dealkylation sites (N-methyl/N-ethyl adjacent to an activating group) is 1. The summed E-state index contributed by atoms with van der Waals surface area (Å²) in [6.07, 6.45) is 4.94. The Hall–Kier alpha value is -0.870. The molecule has 0 aromatic carbocycles. The highest BCUT2D eigenvalue weighted by Crippen LogP contribution is 2.08. The first kappa shape index (κ1) is 13.2. The van der Waals surface area contributed by atoms with Crippen LogP contribution in [-0.2, 0) is 6.54 Å². The summed E-state index contributed by atoms with van der Waals surface area (Å²) < 4.78 is 2.16. The van der Waals surface area contributed by atoms with Crippen molar-refractivity contribution in [3.63, 3.8) is 0 Å². The van der Waals surface area contributed by atoms with E-state index in [1.165, 1.54) is 13.0 Å². The van der Waals surface area contributed by atoms with Crippen LogP contribution in [0.4, 0.5) is 0 Å². The molecule has 0 aliphatic heterocycles. The summed E-state index contributed by atoms with van der Waals surface area (Å²) in [5.74, 6) is 0. The van der Waals surface area contributed by atoms with Gasteiger partial charge in [0, 0.05) is 25.3 Å². The monoisotopic (exact) mass is 224 g/mol. The average Bonchev–Trinajstić information content (AvgIpc) is 2.72. The highest BCUT2D eigenvalue weighted by atomic mass is 15.2. The van der Waals surface area contributed by atoms with E-state index >= 15 is 0 Å². The molecule has 1 aromatic heterocycles. The van der Waals surface area contributed by atoms with E-state index in [2.05, 4.69) is 28.3 Å². The Morgan fingerprint density at radius 1 is 1.44 bits per heavy atom. The predicted octanol–water partition coefficient (Wildman–Crippen LogP) is 1.63. The number of imidazole rings is 1. The fourth-order valence-corrected chi connectivity index (χ4v) is 1.89. The minimum atomic E-state index is 0.0590. The summed E-state index contributed by atoms with van der Waals surface area (Å²) in [6, 6.07) is 0.0590. The Kier molecular flexibility index (Phi) is 5.49. The smallest absolute Gasteiger partial charge is 0.0949 e. The lowest BCUT2D eigenvalue weighted by atomic mass is 10.2. The number of nitrogens with two attached hydrogens (primary N) is 1. The Bertz CT molecular complexity index is 293. The summed E-state index contributed by atoms with van der Waals surface area (Å²) in [7, 11) is 0. The Labute approximate surface area is 98.5 Å². The van der Waals surface area contributed by atoms with E-state index in [9.17, 15) is 0 Å². The summed E-state index contributed by atoms with van der Waals surface area (Å²) in [5.41, 5.74) is 7.00. The van der Waals surface area contributed by atoms with Gasteiger partial charge in [-0.2, -0.15) is 0 Å². The van der Waals surface area contributed by atoms with E-state index in [0.717, 1.165) is 25.3 Å². The van der Waals surface area contributed by atoms with Crippen LogP contribution in [0, 0.1) is 0 Å². The van der Waals surface area contributed by atoms with Crippen molar-refractivity contribution < 1.29 is 0 Å². The zero-order valence-corrected chi connectivity index (χ0v) is 10.7. The molecule has 0 spiro atoms. The van der Waals surface area contributed by atoms with E-state index in [1.54, 1.807) is 0 Å². The maximum absolute atomic E-state index is 5.88. The fourth-order valence-electron chi connectivity index (χ4n) is 1.89. The second-order valence-electron chi connectivity index (χ2n) is 4.23. The molecule has 1 heterocycles. The van der Waals surface area contributed by atoms with Crippen LogP contribution in [0.3, 0.4) is 0 Å². The lowest BCUT2D eigenvalue weighted by Gasteiger charge is -2.20. The molecule has 0 amide bonds. The van der Waals surface area contributed by atoms with Gasteiger partial charge in [-0.05, 0) is 26.4 Å². The van der Waals surface area contributed by atoms with E-state index in [-0.39, 0.29) is 6.04 Å². The SMILES string of the molecule is CCCN(CC)CCn1cncc1[C@H](C)N. The van der Waals surface area contributed by atoms with Gasteiger partial charge in [-0.15, -0.1) is 0 Å². The zero-order valence-electron chi connectivity index (χ0n) is 10.7. The molecule has 0 aliphatic carbocycles. The largest absolute Gasteiger partial charge is 0.332 e. The normalized spacial score (nSPS) is 13.3. The molecule has 0 aliphatic rings. The number of hydrogen-bond acceptors (Lipinski definition) is 3. The van der Waals surface area contributed by atoms with E-state index in [1.807, 2.05) is 19.4 Å². The molecule has 2 N–H and O–H groups in total. The molecular weight excluding hydrogens is 200 g/mol. The van der Waals surface area contributed by atoms with Gasteiger partial charge >= 0.3 is 0 Å². The first-order valence-electron chi connectivity index (χ1n) is 6.17. The van der Waals surface area contributed by atoms with Crippen LogP contribution in [-0.4, -0.2) is 34.1 Å². The minimum absolute atomic E-state index is 0.0590. The third kappa shape index (κ3) is 3.61. The maximum Gasteiger partial charge on any atom is 0.0949 e. The van der Waals surface area contributed by atoms with Gasteiger partial charge < -0.3 is 15.2 Å². The van der Waals surface area contributed by atoms with Crippen molar-refractivity contribution in [2.75, 3.05) is 19.6 Å².